The molecule has 0 aromatic rings. The maximum absolute atomic E-state index is 6.82. The van der Waals surface area contributed by atoms with Gasteiger partial charge in [-0.25, -0.2) is 0 Å². The van der Waals surface area contributed by atoms with Gasteiger partial charge in [-0.2, -0.15) is 0 Å². The maximum Gasteiger partial charge on any atom is 0.0996 e. The Morgan fingerprint density at radius 3 is 2.00 bits per heavy atom. The molecule has 4 aliphatic carbocycles. The average molecular weight is 541 g/mol. The number of hydrogen-bond donors (Lipinski definition) is 0. The molecule has 2 saturated heterocycles. The quantitative estimate of drug-likeness (QED) is 0.319. The first-order valence-corrected chi connectivity index (χ1v) is 17.2. The largest absolute Gasteiger partial charge is 0.363 e. The topological polar surface area (TPSA) is 24.9 Å². The second kappa shape index (κ2) is 12.1. The minimum Gasteiger partial charge on any atom is -0.363 e. The van der Waals surface area contributed by atoms with E-state index in [1.165, 1.54) is 109 Å². The number of rotatable bonds is 6. The summed E-state index contributed by atoms with van der Waals surface area (Å²) in [6.45, 7) is 16.4. The van der Waals surface area contributed by atoms with Crippen molar-refractivity contribution in [2.75, 3.05) is 26.6 Å². The zero-order chi connectivity index (χ0) is 27.0. The lowest BCUT2D eigenvalue weighted by atomic mass is 9.52. The van der Waals surface area contributed by atoms with Gasteiger partial charge in [0.15, 0.2) is 0 Å². The van der Waals surface area contributed by atoms with E-state index in [0.29, 0.717) is 23.5 Å². The fraction of sp³-hybridized carbons (Fsp3) is 0.943. The highest BCUT2D eigenvalue weighted by atomic mass is 16.5. The third-order valence-electron chi connectivity index (χ3n) is 13.0. The lowest BCUT2D eigenvalue weighted by molar-refractivity contribution is -0.200. The molecular weight excluding hydrogens is 480 g/mol. The summed E-state index contributed by atoms with van der Waals surface area (Å²) in [5.74, 6) is 2.97. The van der Waals surface area contributed by atoms with Crippen molar-refractivity contribution in [1.29, 1.82) is 0 Å². The van der Waals surface area contributed by atoms with Gasteiger partial charge in [-0.1, -0.05) is 65.4 Å². The molecule has 7 atom stereocenters. The fourth-order valence-corrected chi connectivity index (χ4v) is 10.6. The molecular formula is C35H60N2O2. The highest BCUT2D eigenvalue weighted by molar-refractivity contribution is 5.05. The molecule has 4 saturated carbocycles. The minimum absolute atomic E-state index is 0.216. The van der Waals surface area contributed by atoms with Crippen molar-refractivity contribution >= 4 is 0 Å². The molecule has 7 unspecified atom stereocenters. The number of allylic oxidation sites excluding steroid dienone is 1. The van der Waals surface area contributed by atoms with Crippen LogP contribution in [0.15, 0.2) is 12.7 Å². The Kier molecular flexibility index (Phi) is 8.87. The predicted octanol–water partition coefficient (Wildman–Crippen LogP) is 8.02. The summed E-state index contributed by atoms with van der Waals surface area (Å²) < 4.78 is 13.4. The summed E-state index contributed by atoms with van der Waals surface area (Å²) in [7, 11) is 0. The second-order valence-electron chi connectivity index (χ2n) is 15.8. The van der Waals surface area contributed by atoms with Gasteiger partial charge in [-0.05, 0) is 98.7 Å². The monoisotopic (exact) mass is 540 g/mol. The summed E-state index contributed by atoms with van der Waals surface area (Å²) in [6.07, 6.45) is 24.9. The van der Waals surface area contributed by atoms with Crippen molar-refractivity contribution in [1.82, 2.24) is 9.80 Å². The first kappa shape index (κ1) is 28.7. The third-order valence-corrected chi connectivity index (χ3v) is 13.0. The van der Waals surface area contributed by atoms with Crippen LogP contribution in [0.4, 0.5) is 0 Å². The molecule has 4 nitrogen and oxygen atoms in total. The molecule has 0 radical (unpaired) electrons. The van der Waals surface area contributed by atoms with Crippen molar-refractivity contribution in [3.8, 4) is 0 Å². The van der Waals surface area contributed by atoms with Crippen LogP contribution >= 0.6 is 0 Å². The van der Waals surface area contributed by atoms with Crippen LogP contribution in [-0.2, 0) is 9.47 Å². The van der Waals surface area contributed by atoms with E-state index in [4.69, 9.17) is 9.47 Å². The molecule has 222 valence electrons. The van der Waals surface area contributed by atoms with Gasteiger partial charge in [0.25, 0.3) is 0 Å². The van der Waals surface area contributed by atoms with Crippen molar-refractivity contribution in [2.45, 2.75) is 148 Å². The van der Waals surface area contributed by atoms with Gasteiger partial charge in [-0.3, -0.25) is 9.80 Å². The van der Waals surface area contributed by atoms with Crippen LogP contribution in [-0.4, -0.2) is 60.6 Å². The van der Waals surface area contributed by atoms with Crippen LogP contribution in [0, 0.1) is 34.5 Å². The Labute approximate surface area is 240 Å². The lowest BCUT2D eigenvalue weighted by Crippen LogP contribution is -2.59. The van der Waals surface area contributed by atoms with Crippen LogP contribution in [0.2, 0.25) is 0 Å². The van der Waals surface area contributed by atoms with Crippen LogP contribution in [0.1, 0.15) is 124 Å². The van der Waals surface area contributed by atoms with E-state index in [-0.39, 0.29) is 5.41 Å². The van der Waals surface area contributed by atoms with Gasteiger partial charge in [-0.15, -0.1) is 6.58 Å². The third kappa shape index (κ3) is 5.93. The van der Waals surface area contributed by atoms with Crippen molar-refractivity contribution in [3.05, 3.63) is 12.7 Å². The van der Waals surface area contributed by atoms with Gasteiger partial charge < -0.3 is 9.47 Å². The average Bonchev–Trinajstić information content (AvgIpc) is 2.97. The number of ether oxygens (including phenoxy) is 2. The van der Waals surface area contributed by atoms with Crippen LogP contribution in [0.3, 0.4) is 0 Å². The Bertz CT molecular complexity index is 817. The highest BCUT2D eigenvalue weighted by Gasteiger charge is 2.54. The van der Waals surface area contributed by atoms with E-state index in [2.05, 4.69) is 43.2 Å². The number of hydrogen-bond acceptors (Lipinski definition) is 4. The van der Waals surface area contributed by atoms with Crippen molar-refractivity contribution in [3.63, 3.8) is 0 Å². The molecule has 0 aromatic heterocycles. The van der Waals surface area contributed by atoms with E-state index in [1.54, 1.807) is 0 Å². The first-order chi connectivity index (χ1) is 18.9. The summed E-state index contributed by atoms with van der Waals surface area (Å²) in [4.78, 5) is 5.48. The van der Waals surface area contributed by atoms with E-state index in [9.17, 15) is 0 Å². The molecule has 0 spiro atoms. The molecule has 2 heterocycles. The summed E-state index contributed by atoms with van der Waals surface area (Å²) in [5.41, 5.74) is 0.576. The lowest BCUT2D eigenvalue weighted by Gasteiger charge is -2.58. The summed E-state index contributed by atoms with van der Waals surface area (Å²) in [6, 6.07) is 1.54. The molecule has 2 aliphatic heterocycles. The first-order valence-electron chi connectivity index (χ1n) is 17.2. The molecule has 0 aromatic carbocycles. The summed E-state index contributed by atoms with van der Waals surface area (Å²) in [5, 5.41) is 0. The van der Waals surface area contributed by atoms with E-state index in [1.807, 2.05) is 0 Å². The summed E-state index contributed by atoms with van der Waals surface area (Å²) >= 11 is 0. The standard InChI is InChI=1S/C35H60N2O2/c1-5-18-35(4)21-29(20-27-23-37(25-39-33(27)35)31-14-10-7-11-15-31)34(2,3)28-16-17-32-26(19-28)22-36(24-38-32)30-12-8-6-9-13-30/h5,26-33H,1,6-25H2,2-4H3. The van der Waals surface area contributed by atoms with Crippen molar-refractivity contribution in [2.24, 2.45) is 34.5 Å². The molecule has 4 heteroatoms. The number of nitrogens with zero attached hydrogens (tertiary/aromatic N) is 2. The highest BCUT2D eigenvalue weighted by Crippen LogP contribution is 2.57. The van der Waals surface area contributed by atoms with Gasteiger partial charge in [0.2, 0.25) is 0 Å². The molecule has 39 heavy (non-hydrogen) atoms. The Hall–Kier alpha value is -0.420. The maximum atomic E-state index is 6.82. The number of fused-ring (bicyclic) bond motifs is 2. The smallest absolute Gasteiger partial charge is 0.0996 e. The Morgan fingerprint density at radius 1 is 0.769 bits per heavy atom. The van der Waals surface area contributed by atoms with E-state index in [0.717, 1.165) is 49.7 Å². The Balaban J connectivity index is 1.15. The Morgan fingerprint density at radius 2 is 1.36 bits per heavy atom. The molecule has 6 aliphatic rings. The second-order valence-corrected chi connectivity index (χ2v) is 15.8. The van der Waals surface area contributed by atoms with Gasteiger partial charge >= 0.3 is 0 Å². The molecule has 0 bridgehead atoms. The molecule has 6 rings (SSSR count). The van der Waals surface area contributed by atoms with Gasteiger partial charge in [0.05, 0.1) is 25.7 Å². The van der Waals surface area contributed by atoms with Crippen molar-refractivity contribution < 1.29 is 9.47 Å². The zero-order valence-electron chi connectivity index (χ0n) is 25.8. The van der Waals surface area contributed by atoms with Crippen LogP contribution < -0.4 is 0 Å². The van der Waals surface area contributed by atoms with Gasteiger partial charge in [0.1, 0.15) is 0 Å². The fourth-order valence-electron chi connectivity index (χ4n) is 10.6. The SMILES string of the molecule is C=CCC1(C)CC(C(C)(C)C2CCC3OCN(C4CCCCC4)CC3C2)CC2CN(C3CCCCC3)COC21. The van der Waals surface area contributed by atoms with E-state index < -0.39 is 0 Å². The molecule has 0 N–H and O–H groups in total. The van der Waals surface area contributed by atoms with Crippen LogP contribution in [0.25, 0.3) is 0 Å². The normalized spacial score (nSPS) is 42.0. The molecule has 6 fully saturated rings. The van der Waals surface area contributed by atoms with E-state index >= 15 is 0 Å². The zero-order valence-corrected chi connectivity index (χ0v) is 25.8. The predicted molar refractivity (Wildman–Crippen MR) is 160 cm³/mol. The van der Waals surface area contributed by atoms with Crippen LogP contribution in [0.5, 0.6) is 0 Å². The minimum atomic E-state index is 0.216. The van der Waals surface area contributed by atoms with Gasteiger partial charge in [0, 0.05) is 25.2 Å². The molecule has 0 amide bonds.